The lowest BCUT2D eigenvalue weighted by atomic mass is 10.1. The zero-order valence-electron chi connectivity index (χ0n) is 15.3. The van der Waals surface area contributed by atoms with Crippen LogP contribution in [0.4, 0.5) is 0 Å². The van der Waals surface area contributed by atoms with Gasteiger partial charge in [0.15, 0.2) is 5.66 Å². The maximum atomic E-state index is 12.5. The predicted molar refractivity (Wildman–Crippen MR) is 93.9 cm³/mol. The Hall–Kier alpha value is -0.380. The fourth-order valence-corrected chi connectivity index (χ4v) is 3.85. The smallest absolute Gasteiger partial charge is 0.344 e. The molecule has 0 rings (SSSR count). The molecule has 1 unspecified atom stereocenters. The van der Waals surface area contributed by atoms with Crippen LogP contribution in [0.3, 0.4) is 0 Å². The lowest BCUT2D eigenvalue weighted by molar-refractivity contribution is -0.143. The van der Waals surface area contributed by atoms with Gasteiger partial charge in [-0.1, -0.05) is 51.9 Å². The molecule has 138 valence electrons. The topological polar surface area (TPSA) is 61.8 Å². The van der Waals surface area contributed by atoms with Crippen LogP contribution in [-0.2, 0) is 23.1 Å². The van der Waals surface area contributed by atoms with Crippen LogP contribution in [0.25, 0.3) is 0 Å². The summed E-state index contributed by atoms with van der Waals surface area (Å²) in [5.74, 6) is -0.502. The molecule has 5 nitrogen and oxygen atoms in total. The fraction of sp³-hybridized carbons (Fsp3) is 0.941. The Labute approximate surface area is 142 Å². The second-order valence-electron chi connectivity index (χ2n) is 5.69. The van der Waals surface area contributed by atoms with Crippen molar-refractivity contribution in [2.75, 3.05) is 19.8 Å². The van der Waals surface area contributed by atoms with Gasteiger partial charge in [0.2, 0.25) is 0 Å². The predicted octanol–water partition coefficient (Wildman–Crippen LogP) is 5.32. The number of esters is 1. The molecular weight excluding hydrogens is 315 g/mol. The van der Waals surface area contributed by atoms with Crippen molar-refractivity contribution in [2.45, 2.75) is 84.7 Å². The molecule has 0 N–H and O–H groups in total. The van der Waals surface area contributed by atoms with E-state index in [9.17, 15) is 9.36 Å². The summed E-state index contributed by atoms with van der Waals surface area (Å²) in [6.07, 6.45) is 9.50. The van der Waals surface area contributed by atoms with Gasteiger partial charge in [-0.15, -0.1) is 0 Å². The third-order valence-corrected chi connectivity index (χ3v) is 6.07. The number of rotatable bonds is 15. The standard InChI is InChI=1S/C17H35O5P/c1-5-8-9-10-11-12-13-14-15-20-17(18)16(4)23(19,21-6-2)22-7-3/h16H,5-15H2,1-4H3. The summed E-state index contributed by atoms with van der Waals surface area (Å²) in [6, 6.07) is 0. The van der Waals surface area contributed by atoms with Gasteiger partial charge in [0.1, 0.15) is 0 Å². The molecule has 0 spiro atoms. The molecule has 6 heteroatoms. The zero-order chi connectivity index (χ0) is 17.6. The highest BCUT2D eigenvalue weighted by Gasteiger charge is 2.38. The van der Waals surface area contributed by atoms with Crippen LogP contribution in [0.1, 0.15) is 79.1 Å². The van der Waals surface area contributed by atoms with E-state index in [4.69, 9.17) is 13.8 Å². The van der Waals surface area contributed by atoms with Crippen molar-refractivity contribution in [2.24, 2.45) is 0 Å². The molecule has 0 bridgehead atoms. The lowest BCUT2D eigenvalue weighted by Crippen LogP contribution is -2.23. The molecule has 0 saturated heterocycles. The highest BCUT2D eigenvalue weighted by Crippen LogP contribution is 2.53. The minimum absolute atomic E-state index is 0.243. The van der Waals surface area contributed by atoms with Gasteiger partial charge >= 0.3 is 13.6 Å². The first-order chi connectivity index (χ1) is 11.0. The van der Waals surface area contributed by atoms with Crippen molar-refractivity contribution in [3.8, 4) is 0 Å². The van der Waals surface area contributed by atoms with Gasteiger partial charge in [-0.2, -0.15) is 0 Å². The molecule has 0 aliphatic heterocycles. The number of carbonyl (C=O) groups excluding carboxylic acids is 1. The second kappa shape index (κ2) is 14.0. The Balaban J connectivity index is 3.89. The lowest BCUT2D eigenvalue weighted by Gasteiger charge is -2.22. The Morgan fingerprint density at radius 1 is 0.870 bits per heavy atom. The third-order valence-electron chi connectivity index (χ3n) is 3.68. The van der Waals surface area contributed by atoms with Gasteiger partial charge in [-0.3, -0.25) is 9.36 Å². The van der Waals surface area contributed by atoms with E-state index in [0.29, 0.717) is 6.61 Å². The molecule has 0 aromatic rings. The van der Waals surface area contributed by atoms with Crippen LogP contribution < -0.4 is 0 Å². The summed E-state index contributed by atoms with van der Waals surface area (Å²) in [6.45, 7) is 8.07. The fourth-order valence-electron chi connectivity index (χ4n) is 2.28. The Kier molecular flexibility index (Phi) is 13.8. The van der Waals surface area contributed by atoms with E-state index in [1.807, 2.05) is 0 Å². The van der Waals surface area contributed by atoms with Crippen LogP contribution >= 0.6 is 7.60 Å². The number of carbonyl (C=O) groups is 1. The average molecular weight is 350 g/mol. The highest BCUT2D eigenvalue weighted by atomic mass is 31.2. The first kappa shape index (κ1) is 22.6. The number of hydrogen-bond donors (Lipinski definition) is 0. The average Bonchev–Trinajstić information content (AvgIpc) is 2.52. The number of hydrogen-bond acceptors (Lipinski definition) is 5. The van der Waals surface area contributed by atoms with Crippen LogP contribution in [-0.4, -0.2) is 31.4 Å². The van der Waals surface area contributed by atoms with E-state index in [1.54, 1.807) is 20.8 Å². The molecule has 0 saturated carbocycles. The first-order valence-electron chi connectivity index (χ1n) is 9.07. The van der Waals surface area contributed by atoms with E-state index in [1.165, 1.54) is 38.5 Å². The molecule has 23 heavy (non-hydrogen) atoms. The van der Waals surface area contributed by atoms with Crippen LogP contribution in [0.5, 0.6) is 0 Å². The highest BCUT2D eigenvalue weighted by molar-refractivity contribution is 7.55. The van der Waals surface area contributed by atoms with Crippen molar-refractivity contribution in [3.05, 3.63) is 0 Å². The minimum Gasteiger partial charge on any atom is -0.465 e. The summed E-state index contributed by atoms with van der Waals surface area (Å²) in [4.78, 5) is 12.0. The number of ether oxygens (including phenoxy) is 1. The Morgan fingerprint density at radius 3 is 1.83 bits per heavy atom. The largest absolute Gasteiger partial charge is 0.465 e. The van der Waals surface area contributed by atoms with Crippen molar-refractivity contribution < 1.29 is 23.1 Å². The third kappa shape index (κ3) is 10.2. The van der Waals surface area contributed by atoms with Crippen molar-refractivity contribution in [1.82, 2.24) is 0 Å². The summed E-state index contributed by atoms with van der Waals surface area (Å²) < 4.78 is 28.0. The molecule has 0 fully saturated rings. The van der Waals surface area contributed by atoms with Crippen LogP contribution in [0.15, 0.2) is 0 Å². The quantitative estimate of drug-likeness (QED) is 0.227. The van der Waals surface area contributed by atoms with Crippen LogP contribution in [0.2, 0.25) is 0 Å². The molecule has 0 amide bonds. The van der Waals surface area contributed by atoms with Crippen molar-refractivity contribution in [1.29, 1.82) is 0 Å². The second-order valence-corrected chi connectivity index (χ2v) is 8.06. The Morgan fingerprint density at radius 2 is 1.35 bits per heavy atom. The molecule has 0 radical (unpaired) electrons. The summed E-state index contributed by atoms with van der Waals surface area (Å²) in [5.41, 5.74) is -0.878. The number of unbranched alkanes of at least 4 members (excludes halogenated alkanes) is 7. The maximum absolute atomic E-state index is 12.5. The molecule has 0 aliphatic carbocycles. The van der Waals surface area contributed by atoms with Crippen molar-refractivity contribution >= 4 is 13.6 Å². The van der Waals surface area contributed by atoms with E-state index >= 15 is 0 Å². The van der Waals surface area contributed by atoms with E-state index in [2.05, 4.69) is 6.92 Å². The zero-order valence-corrected chi connectivity index (χ0v) is 16.2. The van der Waals surface area contributed by atoms with Crippen molar-refractivity contribution in [3.63, 3.8) is 0 Å². The van der Waals surface area contributed by atoms with Gasteiger partial charge in [0.25, 0.3) is 0 Å². The van der Waals surface area contributed by atoms with E-state index in [0.717, 1.165) is 12.8 Å². The molecular formula is C17H35O5P. The maximum Gasteiger partial charge on any atom is 0.344 e. The molecule has 0 aliphatic rings. The minimum atomic E-state index is -3.42. The summed E-state index contributed by atoms with van der Waals surface area (Å²) in [5, 5.41) is 0. The van der Waals surface area contributed by atoms with Gasteiger partial charge in [-0.25, -0.2) is 0 Å². The van der Waals surface area contributed by atoms with Gasteiger partial charge in [0, 0.05) is 0 Å². The molecule has 0 aromatic carbocycles. The SMILES string of the molecule is CCCCCCCCCCOC(=O)C(C)P(=O)(OCC)OCC. The molecule has 0 heterocycles. The summed E-state index contributed by atoms with van der Waals surface area (Å²) >= 11 is 0. The first-order valence-corrected chi connectivity index (χ1v) is 10.7. The van der Waals surface area contributed by atoms with Gasteiger partial charge < -0.3 is 13.8 Å². The molecule has 1 atom stereocenters. The summed E-state index contributed by atoms with van der Waals surface area (Å²) in [7, 11) is -3.42. The van der Waals surface area contributed by atoms with Crippen LogP contribution in [0, 0.1) is 0 Å². The molecule has 0 aromatic heterocycles. The van der Waals surface area contributed by atoms with Gasteiger partial charge in [-0.05, 0) is 27.2 Å². The normalized spacial score (nSPS) is 13.0. The monoisotopic (exact) mass is 350 g/mol. The van der Waals surface area contributed by atoms with E-state index < -0.39 is 19.2 Å². The Bertz CT molecular complexity index is 336. The van der Waals surface area contributed by atoms with Gasteiger partial charge in [0.05, 0.1) is 19.8 Å². The van der Waals surface area contributed by atoms with E-state index in [-0.39, 0.29) is 13.2 Å².